The number of allylic oxidation sites excluding steroid dienone is 1. The summed E-state index contributed by atoms with van der Waals surface area (Å²) in [5.41, 5.74) is -0.582. The molecular weight excluding hydrogens is 230 g/mol. The molecule has 17 heavy (non-hydrogen) atoms. The number of nitroso groups, excluding NO2 is 1. The van der Waals surface area contributed by atoms with Gasteiger partial charge in [-0.3, -0.25) is 4.79 Å². The third-order valence-corrected chi connectivity index (χ3v) is 2.49. The van der Waals surface area contributed by atoms with Crippen LogP contribution in [0.2, 0.25) is 0 Å². The van der Waals surface area contributed by atoms with E-state index in [1.165, 1.54) is 23.2 Å². The molecule has 0 saturated heterocycles. The Balaban J connectivity index is 2.40. The van der Waals surface area contributed by atoms with Crippen LogP contribution in [0.3, 0.4) is 0 Å². The van der Waals surface area contributed by atoms with Crippen LogP contribution in [0.5, 0.6) is 0 Å². The molecule has 6 heteroatoms. The average Bonchev–Trinajstić information content (AvgIpc) is 2.34. The summed E-state index contributed by atoms with van der Waals surface area (Å²) < 4.78 is 26.9. The smallest absolute Gasteiger partial charge is 0.190 e. The fourth-order valence-electron chi connectivity index (χ4n) is 1.58. The summed E-state index contributed by atoms with van der Waals surface area (Å²) in [6.45, 7) is 0.277. The molecule has 2 rings (SSSR count). The van der Waals surface area contributed by atoms with Gasteiger partial charge in [-0.15, -0.1) is 4.91 Å². The summed E-state index contributed by atoms with van der Waals surface area (Å²) in [7, 11) is 0. The lowest BCUT2D eigenvalue weighted by molar-refractivity contribution is -0.114. The molecule has 0 aromatic heterocycles. The van der Waals surface area contributed by atoms with Crippen LogP contribution in [-0.4, -0.2) is 12.3 Å². The van der Waals surface area contributed by atoms with E-state index in [9.17, 15) is 18.5 Å². The Morgan fingerprint density at radius 3 is 2.59 bits per heavy atom. The molecule has 0 amide bonds. The normalized spacial score (nSPS) is 15.2. The lowest BCUT2D eigenvalue weighted by Gasteiger charge is -2.23. The Hall–Kier alpha value is -2.11. The van der Waals surface area contributed by atoms with E-state index >= 15 is 0 Å². The van der Waals surface area contributed by atoms with Gasteiger partial charge in [-0.25, -0.2) is 8.78 Å². The SMILES string of the molecule is O=Nc1ccc(N2C=CC(=O)CC2)c(F)c1F. The quantitative estimate of drug-likeness (QED) is 0.744. The first-order valence-electron chi connectivity index (χ1n) is 4.92. The van der Waals surface area contributed by atoms with Crippen molar-refractivity contribution >= 4 is 17.2 Å². The van der Waals surface area contributed by atoms with E-state index in [1.54, 1.807) is 0 Å². The van der Waals surface area contributed by atoms with Gasteiger partial charge in [-0.1, -0.05) is 0 Å². The fourth-order valence-corrected chi connectivity index (χ4v) is 1.58. The number of benzene rings is 1. The first kappa shape index (κ1) is 11.4. The molecule has 0 atom stereocenters. The predicted octanol–water partition coefficient (Wildman–Crippen LogP) is 2.66. The molecule has 0 N–H and O–H groups in total. The van der Waals surface area contributed by atoms with Gasteiger partial charge in [0.15, 0.2) is 17.4 Å². The highest BCUT2D eigenvalue weighted by atomic mass is 19.2. The zero-order valence-electron chi connectivity index (χ0n) is 8.69. The van der Waals surface area contributed by atoms with Crippen molar-refractivity contribution in [1.82, 2.24) is 0 Å². The molecule has 0 spiro atoms. The van der Waals surface area contributed by atoms with E-state index in [2.05, 4.69) is 5.18 Å². The van der Waals surface area contributed by atoms with Crippen molar-refractivity contribution in [3.05, 3.63) is 41.0 Å². The van der Waals surface area contributed by atoms with E-state index in [1.807, 2.05) is 0 Å². The second kappa shape index (κ2) is 4.40. The first-order chi connectivity index (χ1) is 8.13. The molecule has 0 radical (unpaired) electrons. The number of hydrogen-bond acceptors (Lipinski definition) is 4. The minimum absolute atomic E-state index is 0.0151. The van der Waals surface area contributed by atoms with Gasteiger partial charge in [0.25, 0.3) is 0 Å². The van der Waals surface area contributed by atoms with Gasteiger partial charge in [0, 0.05) is 19.2 Å². The van der Waals surface area contributed by atoms with E-state index in [-0.39, 0.29) is 24.4 Å². The van der Waals surface area contributed by atoms with Gasteiger partial charge in [0.1, 0.15) is 5.69 Å². The van der Waals surface area contributed by atoms with Crippen molar-refractivity contribution < 1.29 is 13.6 Å². The standard InChI is InChI=1S/C11H8F2N2O2/c12-10-8(14-17)1-2-9(11(10)13)15-5-3-7(16)4-6-15/h1-3,5H,4,6H2. The Morgan fingerprint density at radius 1 is 1.24 bits per heavy atom. The highest BCUT2D eigenvalue weighted by Gasteiger charge is 2.19. The number of carbonyl (C=O) groups excluding carboxylic acids is 1. The lowest BCUT2D eigenvalue weighted by Crippen LogP contribution is -2.25. The molecule has 1 aromatic carbocycles. The van der Waals surface area contributed by atoms with Gasteiger partial charge in [-0.2, -0.15) is 0 Å². The first-order valence-corrected chi connectivity index (χ1v) is 4.92. The van der Waals surface area contributed by atoms with Crippen LogP contribution in [0, 0.1) is 16.5 Å². The molecule has 0 unspecified atom stereocenters. The monoisotopic (exact) mass is 238 g/mol. The molecule has 1 aliphatic rings. The average molecular weight is 238 g/mol. The van der Waals surface area contributed by atoms with Gasteiger partial charge in [-0.05, 0) is 23.4 Å². The minimum Gasteiger partial charge on any atom is -0.345 e. The van der Waals surface area contributed by atoms with Crippen LogP contribution in [0.1, 0.15) is 6.42 Å². The summed E-state index contributed by atoms with van der Waals surface area (Å²) in [4.78, 5) is 22.5. The number of anilines is 1. The molecule has 0 aliphatic carbocycles. The minimum atomic E-state index is -1.28. The number of carbonyl (C=O) groups is 1. The maximum absolute atomic E-state index is 13.6. The van der Waals surface area contributed by atoms with Gasteiger partial charge in [0.05, 0.1) is 5.69 Å². The summed E-state index contributed by atoms with van der Waals surface area (Å²) in [5, 5.41) is 2.37. The topological polar surface area (TPSA) is 49.7 Å². The molecule has 0 bridgehead atoms. The number of hydrogen-bond donors (Lipinski definition) is 0. The van der Waals surface area contributed by atoms with E-state index in [0.717, 1.165) is 6.07 Å². The van der Waals surface area contributed by atoms with E-state index in [4.69, 9.17) is 0 Å². The van der Waals surface area contributed by atoms with Crippen LogP contribution < -0.4 is 4.90 Å². The van der Waals surface area contributed by atoms with Gasteiger partial charge in [0.2, 0.25) is 0 Å². The molecule has 0 fully saturated rings. The van der Waals surface area contributed by atoms with Crippen molar-refractivity contribution in [2.24, 2.45) is 5.18 Å². The highest BCUT2D eigenvalue weighted by molar-refractivity contribution is 5.91. The molecule has 0 saturated carbocycles. The van der Waals surface area contributed by atoms with Crippen LogP contribution in [0.15, 0.2) is 29.6 Å². The van der Waals surface area contributed by atoms with Crippen LogP contribution in [-0.2, 0) is 4.79 Å². The molecular formula is C11H8F2N2O2. The predicted molar refractivity (Wildman–Crippen MR) is 57.9 cm³/mol. The highest BCUT2D eigenvalue weighted by Crippen LogP contribution is 2.29. The third kappa shape index (κ3) is 2.06. The van der Waals surface area contributed by atoms with E-state index < -0.39 is 17.3 Å². The molecule has 1 heterocycles. The Bertz CT molecular complexity index is 514. The Morgan fingerprint density at radius 2 is 2.00 bits per heavy atom. The molecule has 88 valence electrons. The second-order valence-corrected chi connectivity index (χ2v) is 3.55. The van der Waals surface area contributed by atoms with Gasteiger partial charge < -0.3 is 4.90 Å². The van der Waals surface area contributed by atoms with E-state index in [0.29, 0.717) is 0 Å². The lowest BCUT2D eigenvalue weighted by atomic mass is 10.1. The third-order valence-electron chi connectivity index (χ3n) is 2.49. The zero-order valence-corrected chi connectivity index (χ0v) is 8.69. The molecule has 4 nitrogen and oxygen atoms in total. The van der Waals surface area contributed by atoms with Crippen molar-refractivity contribution in [3.63, 3.8) is 0 Å². The van der Waals surface area contributed by atoms with Crippen molar-refractivity contribution in [2.45, 2.75) is 6.42 Å². The Kier molecular flexibility index (Phi) is 2.95. The number of rotatable bonds is 2. The molecule has 1 aliphatic heterocycles. The van der Waals surface area contributed by atoms with Crippen LogP contribution in [0.4, 0.5) is 20.2 Å². The fraction of sp³-hybridized carbons (Fsp3) is 0.182. The van der Waals surface area contributed by atoms with Crippen molar-refractivity contribution in [3.8, 4) is 0 Å². The molecule has 1 aromatic rings. The maximum Gasteiger partial charge on any atom is 0.190 e. The maximum atomic E-state index is 13.6. The number of nitrogens with zero attached hydrogens (tertiary/aromatic N) is 2. The second-order valence-electron chi connectivity index (χ2n) is 3.55. The Labute approximate surface area is 95.5 Å². The summed E-state index contributed by atoms with van der Waals surface area (Å²) in [6, 6.07) is 2.36. The van der Waals surface area contributed by atoms with Gasteiger partial charge >= 0.3 is 0 Å². The summed E-state index contributed by atoms with van der Waals surface area (Å²) >= 11 is 0. The van der Waals surface area contributed by atoms with Crippen molar-refractivity contribution in [2.75, 3.05) is 11.4 Å². The van der Waals surface area contributed by atoms with Crippen LogP contribution >= 0.6 is 0 Å². The number of halogens is 2. The zero-order chi connectivity index (χ0) is 12.4. The summed E-state index contributed by atoms with van der Waals surface area (Å²) in [5.74, 6) is -2.47. The van der Waals surface area contributed by atoms with Crippen LogP contribution in [0.25, 0.3) is 0 Å². The van der Waals surface area contributed by atoms with Crippen molar-refractivity contribution in [1.29, 1.82) is 0 Å². The largest absolute Gasteiger partial charge is 0.345 e. The number of ketones is 1. The summed E-state index contributed by atoms with van der Waals surface area (Å²) in [6.07, 6.45) is 2.93.